The number of halogens is 3. The molecule has 0 bridgehead atoms. The van der Waals surface area contributed by atoms with Gasteiger partial charge in [0.1, 0.15) is 5.54 Å². The molecule has 1 aromatic rings. The highest BCUT2D eigenvalue weighted by Gasteiger charge is 2.38. The molecular weight excluding hydrogens is 547 g/mol. The van der Waals surface area contributed by atoms with E-state index < -0.39 is 28.7 Å². The Morgan fingerprint density at radius 1 is 1.12 bits per heavy atom. The van der Waals surface area contributed by atoms with E-state index in [0.29, 0.717) is 32.5 Å². The molecule has 40 heavy (non-hydrogen) atoms. The van der Waals surface area contributed by atoms with E-state index >= 15 is 0 Å². The van der Waals surface area contributed by atoms with Gasteiger partial charge in [0.15, 0.2) is 0 Å². The molecule has 0 heterocycles. The predicted octanol–water partition coefficient (Wildman–Crippen LogP) is 3.65. The molecule has 2 N–H and O–H groups in total. The van der Waals surface area contributed by atoms with Crippen LogP contribution in [0.5, 0.6) is 0 Å². The summed E-state index contributed by atoms with van der Waals surface area (Å²) in [6.07, 6.45) is -3.76. The van der Waals surface area contributed by atoms with E-state index in [1.165, 1.54) is 24.7 Å². The number of hydrogen-bond donors (Lipinski definition) is 2. The number of alkyl halides is 3. The Labute approximate surface area is 239 Å². The van der Waals surface area contributed by atoms with Crippen LogP contribution < -0.4 is 15.5 Å². The number of nitrogens with zero attached hydrogens (tertiary/aromatic N) is 3. The molecule has 0 atom stereocenters. The average molecular weight is 586 g/mol. The molecule has 0 unspecified atom stereocenters. The summed E-state index contributed by atoms with van der Waals surface area (Å²) < 4.78 is 45.5. The van der Waals surface area contributed by atoms with Crippen molar-refractivity contribution in [3.63, 3.8) is 0 Å². The smallest absolute Gasteiger partial charge is 0.378 e. The standard InChI is InChI=1S/C27H38F3N5O4S/c1-19(2)15-24(37)33-11-14-39-13-10-32-23(36)7-6-12-35(18-40)26(3,4)25(38)34(5)21-9-8-20(17-31)22(16-21)27(28,29)30/h8-9,16,18-19H,6-7,10-15H2,1-5H3,(H,32,36)(H,33,37). The van der Waals surface area contributed by atoms with E-state index in [1.807, 2.05) is 13.8 Å². The molecule has 0 aliphatic rings. The number of thiocarbonyl (C=S) groups is 1. The molecule has 3 amide bonds. The molecule has 222 valence electrons. The highest BCUT2D eigenvalue weighted by molar-refractivity contribution is 7.78. The van der Waals surface area contributed by atoms with E-state index in [-0.39, 0.29) is 43.0 Å². The fraction of sp³-hybridized carbons (Fsp3) is 0.593. The quantitative estimate of drug-likeness (QED) is 0.225. The second kappa shape index (κ2) is 16.1. The monoisotopic (exact) mass is 585 g/mol. The van der Waals surface area contributed by atoms with Gasteiger partial charge >= 0.3 is 6.18 Å². The van der Waals surface area contributed by atoms with Crippen molar-refractivity contribution in [1.82, 2.24) is 15.5 Å². The molecule has 0 fully saturated rings. The number of nitriles is 1. The molecule has 0 saturated carbocycles. The van der Waals surface area contributed by atoms with Gasteiger partial charge in [-0.3, -0.25) is 14.4 Å². The van der Waals surface area contributed by atoms with Crippen LogP contribution in [0.1, 0.15) is 58.1 Å². The maximum atomic E-state index is 13.4. The minimum absolute atomic E-state index is 0.0201. The molecule has 0 aliphatic carbocycles. The summed E-state index contributed by atoms with van der Waals surface area (Å²) in [6, 6.07) is 4.59. The third-order valence-electron chi connectivity index (χ3n) is 6.02. The number of nitrogens with one attached hydrogen (secondary N) is 2. The van der Waals surface area contributed by atoms with Crippen molar-refractivity contribution >= 4 is 41.1 Å². The zero-order chi connectivity index (χ0) is 30.5. The Balaban J connectivity index is 2.55. The van der Waals surface area contributed by atoms with Crippen LogP contribution in [-0.4, -0.2) is 73.5 Å². The summed E-state index contributed by atoms with van der Waals surface area (Å²) in [6.45, 7) is 8.68. The molecular formula is C27H38F3N5O4S. The lowest BCUT2D eigenvalue weighted by atomic mass is 9.99. The molecule has 1 rings (SSSR count). The number of rotatable bonds is 16. The van der Waals surface area contributed by atoms with Crippen LogP contribution in [0.4, 0.5) is 18.9 Å². The van der Waals surface area contributed by atoms with Crippen molar-refractivity contribution in [2.24, 2.45) is 5.92 Å². The van der Waals surface area contributed by atoms with Gasteiger partial charge in [-0.05, 0) is 44.4 Å². The van der Waals surface area contributed by atoms with Gasteiger partial charge in [0.05, 0.1) is 35.9 Å². The van der Waals surface area contributed by atoms with Crippen LogP contribution in [-0.2, 0) is 25.3 Å². The molecule has 1 aromatic carbocycles. The van der Waals surface area contributed by atoms with Gasteiger partial charge in [0.2, 0.25) is 11.8 Å². The first kappa shape index (κ1) is 34.8. The molecule has 0 saturated heterocycles. The van der Waals surface area contributed by atoms with Crippen molar-refractivity contribution in [1.29, 1.82) is 5.26 Å². The lowest BCUT2D eigenvalue weighted by Crippen LogP contribution is -2.55. The summed E-state index contributed by atoms with van der Waals surface area (Å²) in [5.74, 6) is -0.479. The summed E-state index contributed by atoms with van der Waals surface area (Å²) in [4.78, 5) is 39.6. The molecule has 0 aromatic heterocycles. The highest BCUT2D eigenvalue weighted by Crippen LogP contribution is 2.34. The number of anilines is 1. The number of ether oxygens (including phenoxy) is 1. The largest absolute Gasteiger partial charge is 0.417 e. The number of likely N-dealkylation sites (N-methyl/N-ethyl adjacent to an activating group) is 1. The molecule has 0 aliphatic heterocycles. The molecule has 13 heteroatoms. The van der Waals surface area contributed by atoms with Crippen molar-refractivity contribution in [3.8, 4) is 6.07 Å². The van der Waals surface area contributed by atoms with Gasteiger partial charge < -0.3 is 25.2 Å². The third kappa shape index (κ3) is 11.1. The maximum absolute atomic E-state index is 13.4. The number of carbonyl (C=O) groups excluding carboxylic acids is 3. The van der Waals surface area contributed by atoms with Crippen molar-refractivity contribution in [2.45, 2.75) is 58.7 Å². The lowest BCUT2D eigenvalue weighted by Gasteiger charge is -2.38. The predicted molar refractivity (Wildman–Crippen MR) is 150 cm³/mol. The Morgan fingerprint density at radius 3 is 2.25 bits per heavy atom. The maximum Gasteiger partial charge on any atom is 0.417 e. The number of amides is 3. The van der Waals surface area contributed by atoms with Crippen molar-refractivity contribution < 1.29 is 32.3 Å². The zero-order valence-electron chi connectivity index (χ0n) is 23.6. The Bertz CT molecular complexity index is 1070. The van der Waals surface area contributed by atoms with Crippen LogP contribution in [0.25, 0.3) is 0 Å². The third-order valence-corrected chi connectivity index (χ3v) is 6.28. The minimum atomic E-state index is -4.75. The van der Waals surface area contributed by atoms with Crippen LogP contribution in [0, 0.1) is 17.2 Å². The lowest BCUT2D eigenvalue weighted by molar-refractivity contribution is -0.138. The van der Waals surface area contributed by atoms with Crippen LogP contribution in [0.15, 0.2) is 18.2 Å². The average Bonchev–Trinajstić information content (AvgIpc) is 2.88. The molecule has 9 nitrogen and oxygen atoms in total. The van der Waals surface area contributed by atoms with E-state index in [4.69, 9.17) is 22.2 Å². The van der Waals surface area contributed by atoms with Gasteiger partial charge in [0.25, 0.3) is 5.91 Å². The SMILES string of the molecule is CC(C)CC(=O)NCCOCCNC(=O)CCCN(C=S)C(C)(C)C(=O)N(C)c1ccc(C#N)c(C(F)(F)F)c1. The van der Waals surface area contributed by atoms with Gasteiger partial charge in [-0.2, -0.15) is 18.4 Å². The second-order valence-electron chi connectivity index (χ2n) is 10.1. The van der Waals surface area contributed by atoms with Crippen LogP contribution in [0.2, 0.25) is 0 Å². The summed E-state index contributed by atoms with van der Waals surface area (Å²) in [7, 11) is 1.35. The fourth-order valence-corrected chi connectivity index (χ4v) is 4.12. The minimum Gasteiger partial charge on any atom is -0.378 e. The van der Waals surface area contributed by atoms with E-state index in [0.717, 1.165) is 17.0 Å². The van der Waals surface area contributed by atoms with Crippen LogP contribution in [0.3, 0.4) is 0 Å². The summed E-state index contributed by atoms with van der Waals surface area (Å²) >= 11 is 5.08. The van der Waals surface area contributed by atoms with Crippen molar-refractivity contribution in [3.05, 3.63) is 29.3 Å². The number of benzene rings is 1. The topological polar surface area (TPSA) is 115 Å². The van der Waals surface area contributed by atoms with Gasteiger partial charge in [-0.15, -0.1) is 0 Å². The summed E-state index contributed by atoms with van der Waals surface area (Å²) in [5, 5.41) is 14.5. The first-order chi connectivity index (χ1) is 18.6. The zero-order valence-corrected chi connectivity index (χ0v) is 24.4. The van der Waals surface area contributed by atoms with E-state index in [9.17, 15) is 27.6 Å². The first-order valence-corrected chi connectivity index (χ1v) is 13.3. The number of hydrogen-bond acceptors (Lipinski definition) is 6. The van der Waals surface area contributed by atoms with E-state index in [2.05, 4.69) is 10.6 Å². The van der Waals surface area contributed by atoms with Crippen molar-refractivity contribution in [2.75, 3.05) is 44.8 Å². The van der Waals surface area contributed by atoms with Gasteiger partial charge in [-0.1, -0.05) is 26.1 Å². The van der Waals surface area contributed by atoms with E-state index in [1.54, 1.807) is 18.7 Å². The highest BCUT2D eigenvalue weighted by atomic mass is 32.1. The normalized spacial score (nSPS) is 11.5. The van der Waals surface area contributed by atoms with Gasteiger partial charge in [-0.25, -0.2) is 0 Å². The fourth-order valence-electron chi connectivity index (χ4n) is 3.76. The van der Waals surface area contributed by atoms with Crippen LogP contribution >= 0.6 is 12.2 Å². The van der Waals surface area contributed by atoms with Gasteiger partial charge in [0, 0.05) is 45.2 Å². The second-order valence-corrected chi connectivity index (χ2v) is 10.3. The molecule has 0 spiro atoms. The Kier molecular flexibility index (Phi) is 14.0. The Morgan fingerprint density at radius 2 is 1.73 bits per heavy atom. The summed E-state index contributed by atoms with van der Waals surface area (Å²) in [5.41, 5.74) is -1.61. The first-order valence-electron chi connectivity index (χ1n) is 12.9. The molecule has 0 radical (unpaired) electrons. The Hall–Kier alpha value is -3.24. The number of carbonyl (C=O) groups is 3.